The standard InChI is InChI=1S/C17H24N2O2/c1-5-17(4)16(21)19(9-8-15(20)18-17)11-14-10-12(2)6-7-13(14)3/h6-7,10H,5,8-9,11H2,1-4H3,(H,18,20). The number of hydrogen-bond donors (Lipinski definition) is 1. The minimum Gasteiger partial charge on any atom is -0.342 e. The van der Waals surface area contributed by atoms with E-state index in [-0.39, 0.29) is 11.8 Å². The predicted molar refractivity (Wildman–Crippen MR) is 82.8 cm³/mol. The summed E-state index contributed by atoms with van der Waals surface area (Å²) in [6.07, 6.45) is 0.965. The molecule has 1 unspecified atom stereocenters. The molecule has 114 valence electrons. The van der Waals surface area contributed by atoms with Crippen LogP contribution in [0.15, 0.2) is 18.2 Å². The van der Waals surface area contributed by atoms with Crippen molar-refractivity contribution in [1.29, 1.82) is 0 Å². The van der Waals surface area contributed by atoms with Gasteiger partial charge in [0.15, 0.2) is 0 Å². The first kappa shape index (κ1) is 15.5. The Morgan fingerprint density at radius 1 is 1.29 bits per heavy atom. The lowest BCUT2D eigenvalue weighted by Crippen LogP contribution is -2.54. The monoisotopic (exact) mass is 288 g/mol. The first-order valence-electron chi connectivity index (χ1n) is 7.52. The summed E-state index contributed by atoms with van der Waals surface area (Å²) in [4.78, 5) is 26.4. The smallest absolute Gasteiger partial charge is 0.248 e. The fourth-order valence-corrected chi connectivity index (χ4v) is 2.68. The average molecular weight is 288 g/mol. The molecule has 1 fully saturated rings. The van der Waals surface area contributed by atoms with Crippen LogP contribution in [0.3, 0.4) is 0 Å². The molecular weight excluding hydrogens is 264 g/mol. The molecule has 4 heteroatoms. The van der Waals surface area contributed by atoms with Crippen LogP contribution in [-0.4, -0.2) is 28.8 Å². The second-order valence-corrected chi connectivity index (χ2v) is 6.14. The summed E-state index contributed by atoms with van der Waals surface area (Å²) in [6, 6.07) is 6.27. The normalized spacial score (nSPS) is 23.0. The number of hydrogen-bond acceptors (Lipinski definition) is 2. The Hall–Kier alpha value is -1.84. The van der Waals surface area contributed by atoms with Crippen LogP contribution in [0.5, 0.6) is 0 Å². The van der Waals surface area contributed by atoms with Crippen LogP contribution in [0, 0.1) is 13.8 Å². The van der Waals surface area contributed by atoms with E-state index in [1.165, 1.54) is 11.1 Å². The number of rotatable bonds is 3. The molecule has 1 aromatic carbocycles. The Kier molecular flexibility index (Phi) is 4.35. The fourth-order valence-electron chi connectivity index (χ4n) is 2.68. The van der Waals surface area contributed by atoms with Gasteiger partial charge >= 0.3 is 0 Å². The Morgan fingerprint density at radius 3 is 2.67 bits per heavy atom. The van der Waals surface area contributed by atoms with Crippen molar-refractivity contribution in [2.75, 3.05) is 6.54 Å². The first-order valence-corrected chi connectivity index (χ1v) is 7.52. The van der Waals surface area contributed by atoms with Gasteiger partial charge in [-0.05, 0) is 38.3 Å². The molecule has 0 aromatic heterocycles. The maximum absolute atomic E-state index is 12.8. The van der Waals surface area contributed by atoms with E-state index in [4.69, 9.17) is 0 Å². The second-order valence-electron chi connectivity index (χ2n) is 6.14. The van der Waals surface area contributed by atoms with E-state index >= 15 is 0 Å². The van der Waals surface area contributed by atoms with Gasteiger partial charge in [0.2, 0.25) is 11.8 Å². The summed E-state index contributed by atoms with van der Waals surface area (Å²) in [5.74, 6) is -0.0343. The van der Waals surface area contributed by atoms with Gasteiger partial charge in [-0.1, -0.05) is 30.7 Å². The molecule has 21 heavy (non-hydrogen) atoms. The van der Waals surface area contributed by atoms with Gasteiger partial charge in [-0.3, -0.25) is 9.59 Å². The number of amides is 2. The van der Waals surface area contributed by atoms with Crippen molar-refractivity contribution in [2.45, 2.75) is 52.6 Å². The van der Waals surface area contributed by atoms with E-state index in [2.05, 4.69) is 37.4 Å². The highest BCUT2D eigenvalue weighted by atomic mass is 16.2. The molecule has 1 N–H and O–H groups in total. The summed E-state index contributed by atoms with van der Waals surface area (Å²) in [5, 5.41) is 2.87. The quantitative estimate of drug-likeness (QED) is 0.928. The van der Waals surface area contributed by atoms with Gasteiger partial charge in [0, 0.05) is 19.5 Å². The highest BCUT2D eigenvalue weighted by Gasteiger charge is 2.39. The average Bonchev–Trinajstić information content (AvgIpc) is 2.55. The fraction of sp³-hybridized carbons (Fsp3) is 0.529. The van der Waals surface area contributed by atoms with Crippen LogP contribution < -0.4 is 5.32 Å². The van der Waals surface area contributed by atoms with Crippen LogP contribution in [0.25, 0.3) is 0 Å². The number of benzene rings is 1. The maximum Gasteiger partial charge on any atom is 0.248 e. The largest absolute Gasteiger partial charge is 0.342 e. The van der Waals surface area contributed by atoms with Gasteiger partial charge in [-0.15, -0.1) is 0 Å². The van der Waals surface area contributed by atoms with E-state index in [9.17, 15) is 9.59 Å². The van der Waals surface area contributed by atoms with Crippen molar-refractivity contribution < 1.29 is 9.59 Å². The molecule has 2 amide bonds. The van der Waals surface area contributed by atoms with Crippen LogP contribution in [-0.2, 0) is 16.1 Å². The topological polar surface area (TPSA) is 49.4 Å². The highest BCUT2D eigenvalue weighted by molar-refractivity contribution is 5.93. The van der Waals surface area contributed by atoms with E-state index in [1.54, 1.807) is 0 Å². The van der Waals surface area contributed by atoms with E-state index in [1.807, 2.05) is 18.7 Å². The molecular formula is C17H24N2O2. The number of aryl methyl sites for hydroxylation is 2. The van der Waals surface area contributed by atoms with Crippen molar-refractivity contribution in [3.05, 3.63) is 34.9 Å². The van der Waals surface area contributed by atoms with Crippen molar-refractivity contribution in [2.24, 2.45) is 0 Å². The molecule has 0 bridgehead atoms. The summed E-state index contributed by atoms with van der Waals surface area (Å²) in [5.41, 5.74) is 2.72. The van der Waals surface area contributed by atoms with E-state index in [0.717, 1.165) is 5.56 Å². The molecule has 0 saturated carbocycles. The van der Waals surface area contributed by atoms with E-state index < -0.39 is 5.54 Å². The molecule has 2 rings (SSSR count). The lowest BCUT2D eigenvalue weighted by atomic mass is 9.96. The van der Waals surface area contributed by atoms with Crippen LogP contribution in [0.4, 0.5) is 0 Å². The molecule has 1 aliphatic rings. The molecule has 4 nitrogen and oxygen atoms in total. The maximum atomic E-state index is 12.8. The summed E-state index contributed by atoms with van der Waals surface area (Å²) in [6.45, 7) is 8.90. The zero-order chi connectivity index (χ0) is 15.6. The van der Waals surface area contributed by atoms with Crippen LogP contribution in [0.1, 0.15) is 43.4 Å². The minimum absolute atomic E-state index is 0.0109. The van der Waals surface area contributed by atoms with Gasteiger partial charge < -0.3 is 10.2 Å². The Bertz CT molecular complexity index is 568. The van der Waals surface area contributed by atoms with Gasteiger partial charge in [0.1, 0.15) is 5.54 Å². The summed E-state index contributed by atoms with van der Waals surface area (Å²) >= 11 is 0. The van der Waals surface area contributed by atoms with Crippen LogP contribution in [0.2, 0.25) is 0 Å². The van der Waals surface area contributed by atoms with Crippen molar-refractivity contribution in [3.8, 4) is 0 Å². The Labute approximate surface area is 126 Å². The van der Waals surface area contributed by atoms with Crippen LogP contribution >= 0.6 is 0 Å². The minimum atomic E-state index is -0.786. The molecule has 1 aliphatic heterocycles. The van der Waals surface area contributed by atoms with Crippen molar-refractivity contribution in [3.63, 3.8) is 0 Å². The van der Waals surface area contributed by atoms with Gasteiger partial charge in [-0.25, -0.2) is 0 Å². The van der Waals surface area contributed by atoms with Gasteiger partial charge in [-0.2, -0.15) is 0 Å². The third kappa shape index (κ3) is 3.26. The summed E-state index contributed by atoms with van der Waals surface area (Å²) in [7, 11) is 0. The molecule has 0 aliphatic carbocycles. The zero-order valence-electron chi connectivity index (χ0n) is 13.3. The van der Waals surface area contributed by atoms with Gasteiger partial charge in [0.25, 0.3) is 0 Å². The summed E-state index contributed by atoms with van der Waals surface area (Å²) < 4.78 is 0. The highest BCUT2D eigenvalue weighted by Crippen LogP contribution is 2.21. The molecule has 1 atom stereocenters. The molecule has 1 heterocycles. The lowest BCUT2D eigenvalue weighted by molar-refractivity contribution is -0.138. The lowest BCUT2D eigenvalue weighted by Gasteiger charge is -2.31. The number of nitrogens with zero attached hydrogens (tertiary/aromatic N) is 1. The Morgan fingerprint density at radius 2 is 2.00 bits per heavy atom. The predicted octanol–water partition coefficient (Wildman–Crippen LogP) is 2.32. The van der Waals surface area contributed by atoms with E-state index in [0.29, 0.717) is 25.9 Å². The zero-order valence-corrected chi connectivity index (χ0v) is 13.3. The molecule has 1 aromatic rings. The number of nitrogens with one attached hydrogen (secondary N) is 1. The second kappa shape index (κ2) is 5.88. The van der Waals surface area contributed by atoms with Gasteiger partial charge in [0.05, 0.1) is 0 Å². The number of carbonyl (C=O) groups excluding carboxylic acids is 2. The van der Waals surface area contributed by atoms with Crippen molar-refractivity contribution in [1.82, 2.24) is 10.2 Å². The number of carbonyl (C=O) groups is 2. The SMILES string of the molecule is CCC1(C)NC(=O)CCN(Cc2cc(C)ccc2C)C1=O. The molecule has 0 radical (unpaired) electrons. The Balaban J connectivity index is 2.27. The third-order valence-electron chi connectivity index (χ3n) is 4.36. The third-order valence-corrected chi connectivity index (χ3v) is 4.36. The first-order chi connectivity index (χ1) is 9.85. The van der Waals surface area contributed by atoms with Crippen molar-refractivity contribution >= 4 is 11.8 Å². The molecule has 0 spiro atoms. The molecule has 1 saturated heterocycles.